The third kappa shape index (κ3) is 2.80. The van der Waals surface area contributed by atoms with Gasteiger partial charge in [0.1, 0.15) is 12.4 Å². The van der Waals surface area contributed by atoms with Crippen LogP contribution < -0.4 is 10.5 Å². The molecule has 0 fully saturated rings. The lowest BCUT2D eigenvalue weighted by Crippen LogP contribution is -2.27. The molecule has 3 rings (SSSR count). The van der Waals surface area contributed by atoms with Crippen molar-refractivity contribution in [2.24, 2.45) is 5.73 Å². The van der Waals surface area contributed by atoms with Crippen LogP contribution in [0.5, 0.6) is 5.75 Å². The average molecular weight is 282 g/mol. The fourth-order valence-corrected chi connectivity index (χ4v) is 3.05. The number of hydrogen-bond acceptors (Lipinski definition) is 3. The maximum absolute atomic E-state index is 6.05. The first kappa shape index (κ1) is 14.1. The summed E-state index contributed by atoms with van der Waals surface area (Å²) >= 11 is 0. The summed E-state index contributed by atoms with van der Waals surface area (Å²) in [4.78, 5) is 2.40. The number of rotatable bonds is 5. The van der Waals surface area contributed by atoms with Crippen molar-refractivity contribution in [1.82, 2.24) is 4.90 Å². The van der Waals surface area contributed by atoms with E-state index >= 15 is 0 Å². The van der Waals surface area contributed by atoms with Crippen LogP contribution in [0.2, 0.25) is 0 Å². The van der Waals surface area contributed by atoms with E-state index in [2.05, 4.69) is 42.2 Å². The summed E-state index contributed by atoms with van der Waals surface area (Å²) in [5, 5.41) is 0. The number of benzene rings is 2. The van der Waals surface area contributed by atoms with Crippen molar-refractivity contribution in [3.8, 4) is 5.75 Å². The molecule has 21 heavy (non-hydrogen) atoms. The molecule has 1 unspecified atom stereocenters. The predicted molar refractivity (Wildman–Crippen MR) is 85.1 cm³/mol. The molecule has 0 aromatic heterocycles. The van der Waals surface area contributed by atoms with Gasteiger partial charge >= 0.3 is 0 Å². The normalized spacial score (nSPS) is 17.7. The first-order valence-corrected chi connectivity index (χ1v) is 7.56. The van der Waals surface area contributed by atoms with Crippen molar-refractivity contribution in [1.29, 1.82) is 0 Å². The minimum Gasteiger partial charge on any atom is -0.489 e. The summed E-state index contributed by atoms with van der Waals surface area (Å²) in [6.07, 6.45) is 0. The number of hydrogen-bond donors (Lipinski definition) is 1. The average Bonchev–Trinajstić information content (AvgIpc) is 2.92. The second-order valence-electron chi connectivity index (χ2n) is 5.41. The highest BCUT2D eigenvalue weighted by molar-refractivity contribution is 5.45. The zero-order valence-corrected chi connectivity index (χ0v) is 12.5. The van der Waals surface area contributed by atoms with Gasteiger partial charge in [0.05, 0.1) is 0 Å². The number of likely N-dealkylation sites (N-methyl/N-ethyl adjacent to an activating group) is 1. The van der Waals surface area contributed by atoms with E-state index in [1.807, 2.05) is 18.2 Å². The molecular weight excluding hydrogens is 260 g/mol. The van der Waals surface area contributed by atoms with Crippen molar-refractivity contribution in [2.45, 2.75) is 26.1 Å². The van der Waals surface area contributed by atoms with Crippen LogP contribution in [0.15, 0.2) is 48.5 Å². The third-order valence-electron chi connectivity index (χ3n) is 4.20. The zero-order chi connectivity index (χ0) is 14.7. The van der Waals surface area contributed by atoms with Gasteiger partial charge in [0.25, 0.3) is 0 Å². The molecule has 0 aliphatic carbocycles. The van der Waals surface area contributed by atoms with E-state index in [1.165, 1.54) is 16.7 Å². The van der Waals surface area contributed by atoms with E-state index in [0.717, 1.165) is 18.8 Å². The number of nitrogens with zero attached hydrogens (tertiary/aromatic N) is 1. The summed E-state index contributed by atoms with van der Waals surface area (Å²) in [6, 6.07) is 16.9. The van der Waals surface area contributed by atoms with Crippen LogP contribution in [0.1, 0.15) is 29.7 Å². The molecule has 2 aromatic carbocycles. The molecular formula is C18H22N2O. The minimum absolute atomic E-state index is 0.324. The molecule has 0 saturated carbocycles. The van der Waals surface area contributed by atoms with Gasteiger partial charge in [-0.1, -0.05) is 49.4 Å². The fraction of sp³-hybridized carbons (Fsp3) is 0.333. The van der Waals surface area contributed by atoms with Crippen molar-refractivity contribution in [3.05, 3.63) is 65.2 Å². The van der Waals surface area contributed by atoms with Gasteiger partial charge in [-0.25, -0.2) is 0 Å². The lowest BCUT2D eigenvalue weighted by molar-refractivity contribution is 0.229. The topological polar surface area (TPSA) is 38.5 Å². The van der Waals surface area contributed by atoms with Gasteiger partial charge in [0, 0.05) is 24.7 Å². The van der Waals surface area contributed by atoms with Gasteiger partial charge in [-0.2, -0.15) is 0 Å². The van der Waals surface area contributed by atoms with Crippen molar-refractivity contribution >= 4 is 0 Å². The van der Waals surface area contributed by atoms with Crippen LogP contribution in [0, 0.1) is 0 Å². The van der Waals surface area contributed by atoms with E-state index < -0.39 is 0 Å². The number of ether oxygens (including phenoxy) is 1. The molecule has 0 bridgehead atoms. The molecule has 0 spiro atoms. The Bertz CT molecular complexity index is 597. The highest BCUT2D eigenvalue weighted by Crippen LogP contribution is 2.38. The quantitative estimate of drug-likeness (QED) is 0.916. The van der Waals surface area contributed by atoms with E-state index in [9.17, 15) is 0 Å². The summed E-state index contributed by atoms with van der Waals surface area (Å²) < 4.78 is 6.05. The molecule has 3 nitrogen and oxygen atoms in total. The lowest BCUT2D eigenvalue weighted by Gasteiger charge is -2.21. The maximum Gasteiger partial charge on any atom is 0.124 e. The summed E-state index contributed by atoms with van der Waals surface area (Å²) in [5.74, 6) is 0.991. The Labute approximate surface area is 126 Å². The van der Waals surface area contributed by atoms with Gasteiger partial charge in [-0.3, -0.25) is 4.90 Å². The SMILES string of the molecule is CCN1Cc2c(OCc3ccccc3)cccc2C1CN. The zero-order valence-electron chi connectivity index (χ0n) is 12.5. The largest absolute Gasteiger partial charge is 0.489 e. The number of nitrogens with two attached hydrogens (primary N) is 1. The highest BCUT2D eigenvalue weighted by Gasteiger charge is 2.30. The Morgan fingerprint density at radius 1 is 1.14 bits per heavy atom. The van der Waals surface area contributed by atoms with E-state index in [1.54, 1.807) is 0 Å². The standard InChI is InChI=1S/C18H22N2O/c1-2-20-12-16-15(17(20)11-19)9-6-10-18(16)21-13-14-7-4-3-5-8-14/h3-10,17H,2,11-13,19H2,1H3. The molecule has 3 heteroatoms. The molecule has 1 heterocycles. The van der Waals surface area contributed by atoms with Crippen LogP contribution in [-0.2, 0) is 13.2 Å². The molecule has 0 radical (unpaired) electrons. The van der Waals surface area contributed by atoms with Gasteiger partial charge in [-0.15, -0.1) is 0 Å². The smallest absolute Gasteiger partial charge is 0.124 e. The van der Waals surface area contributed by atoms with Crippen LogP contribution in [0.25, 0.3) is 0 Å². The summed E-state index contributed by atoms with van der Waals surface area (Å²) in [6.45, 7) is 5.38. The number of fused-ring (bicyclic) bond motifs is 1. The Kier molecular flexibility index (Phi) is 4.23. The molecule has 1 aliphatic rings. The predicted octanol–water partition coefficient (Wildman–Crippen LogP) is 3.10. The maximum atomic E-state index is 6.05. The van der Waals surface area contributed by atoms with Crippen LogP contribution in [0.3, 0.4) is 0 Å². The Morgan fingerprint density at radius 2 is 1.95 bits per heavy atom. The first-order chi connectivity index (χ1) is 10.3. The second-order valence-corrected chi connectivity index (χ2v) is 5.41. The van der Waals surface area contributed by atoms with E-state index in [4.69, 9.17) is 10.5 Å². The van der Waals surface area contributed by atoms with Gasteiger partial charge < -0.3 is 10.5 Å². The fourth-order valence-electron chi connectivity index (χ4n) is 3.05. The van der Waals surface area contributed by atoms with E-state index in [-0.39, 0.29) is 0 Å². The Balaban J connectivity index is 1.81. The van der Waals surface area contributed by atoms with Gasteiger partial charge in [-0.05, 0) is 23.7 Å². The third-order valence-corrected chi connectivity index (χ3v) is 4.20. The second kappa shape index (κ2) is 6.29. The summed E-state index contributed by atoms with van der Waals surface area (Å²) in [5.41, 5.74) is 9.76. The Morgan fingerprint density at radius 3 is 2.67 bits per heavy atom. The molecule has 2 aromatic rings. The highest BCUT2D eigenvalue weighted by atomic mass is 16.5. The minimum atomic E-state index is 0.324. The summed E-state index contributed by atoms with van der Waals surface area (Å²) in [7, 11) is 0. The molecule has 1 aliphatic heterocycles. The first-order valence-electron chi connectivity index (χ1n) is 7.56. The van der Waals surface area contributed by atoms with E-state index in [0.29, 0.717) is 19.2 Å². The molecule has 0 amide bonds. The van der Waals surface area contributed by atoms with Crippen molar-refractivity contribution < 1.29 is 4.74 Å². The van der Waals surface area contributed by atoms with Crippen molar-refractivity contribution in [2.75, 3.05) is 13.1 Å². The molecule has 110 valence electrons. The van der Waals surface area contributed by atoms with Crippen LogP contribution in [0.4, 0.5) is 0 Å². The molecule has 2 N–H and O–H groups in total. The Hall–Kier alpha value is -1.84. The van der Waals surface area contributed by atoms with Gasteiger partial charge in [0.15, 0.2) is 0 Å². The lowest BCUT2D eigenvalue weighted by atomic mass is 10.0. The van der Waals surface area contributed by atoms with Crippen molar-refractivity contribution in [3.63, 3.8) is 0 Å². The molecule has 0 saturated heterocycles. The van der Waals surface area contributed by atoms with Crippen LogP contribution >= 0.6 is 0 Å². The monoisotopic (exact) mass is 282 g/mol. The molecule has 1 atom stereocenters. The van der Waals surface area contributed by atoms with Gasteiger partial charge in [0.2, 0.25) is 0 Å². The van der Waals surface area contributed by atoms with Crippen LogP contribution in [-0.4, -0.2) is 18.0 Å².